The Morgan fingerprint density at radius 1 is 1.27 bits per heavy atom. The number of benzene rings is 1. The lowest BCUT2D eigenvalue weighted by Crippen LogP contribution is -2.39. The lowest BCUT2D eigenvalue weighted by Gasteiger charge is -2.25. The molecule has 1 aromatic carbocycles. The van der Waals surface area contributed by atoms with Gasteiger partial charge < -0.3 is 4.90 Å². The number of aromatic nitrogens is 3. The van der Waals surface area contributed by atoms with Crippen molar-refractivity contribution in [3.8, 4) is 5.69 Å². The molecule has 1 aromatic heterocycles. The molecule has 22 heavy (non-hydrogen) atoms. The van der Waals surface area contributed by atoms with Crippen LogP contribution in [-0.2, 0) is 17.9 Å². The highest BCUT2D eigenvalue weighted by Gasteiger charge is 2.23. The predicted molar refractivity (Wildman–Crippen MR) is 75.6 cm³/mol. The van der Waals surface area contributed by atoms with Gasteiger partial charge in [0, 0.05) is 32.1 Å². The molecule has 1 amide bonds. The van der Waals surface area contributed by atoms with E-state index in [0.717, 1.165) is 0 Å². The Hall–Kier alpha value is -2.97. The van der Waals surface area contributed by atoms with Crippen LogP contribution in [0.4, 0.5) is 5.69 Å². The number of non-ortho nitro benzene ring substituents is 1. The lowest BCUT2D eigenvalue weighted by molar-refractivity contribution is -0.384. The van der Waals surface area contributed by atoms with Gasteiger partial charge in [0.25, 0.3) is 5.69 Å². The quantitative estimate of drug-likeness (QED) is 0.586. The highest BCUT2D eigenvalue weighted by Crippen LogP contribution is 2.15. The van der Waals surface area contributed by atoms with Crippen molar-refractivity contribution in [2.24, 2.45) is 0 Å². The van der Waals surface area contributed by atoms with Crippen molar-refractivity contribution in [1.82, 2.24) is 19.2 Å². The van der Waals surface area contributed by atoms with Gasteiger partial charge in [0.05, 0.1) is 17.2 Å². The third-order valence-corrected chi connectivity index (χ3v) is 3.62. The number of amides is 1. The zero-order valence-corrected chi connectivity index (χ0v) is 11.8. The number of carbonyl (C=O) groups is 1. The van der Waals surface area contributed by atoms with Crippen molar-refractivity contribution in [3.05, 3.63) is 50.7 Å². The summed E-state index contributed by atoms with van der Waals surface area (Å²) in [5.41, 5.74) is 0.0856. The highest BCUT2D eigenvalue weighted by atomic mass is 16.6. The van der Waals surface area contributed by atoms with E-state index >= 15 is 0 Å². The van der Waals surface area contributed by atoms with Crippen LogP contribution >= 0.6 is 0 Å². The Kier molecular flexibility index (Phi) is 3.24. The minimum Gasteiger partial charge on any atom is -0.334 e. The topological polar surface area (TPSA) is 103 Å². The van der Waals surface area contributed by atoms with Gasteiger partial charge in [-0.05, 0) is 12.1 Å². The maximum Gasteiger partial charge on any atom is 0.350 e. The fourth-order valence-electron chi connectivity index (χ4n) is 2.40. The van der Waals surface area contributed by atoms with E-state index in [1.807, 2.05) is 0 Å². The molecule has 9 heteroatoms. The van der Waals surface area contributed by atoms with Crippen molar-refractivity contribution in [2.45, 2.75) is 20.0 Å². The number of nitro groups is 1. The zero-order chi connectivity index (χ0) is 15.9. The number of carbonyl (C=O) groups excluding carboxylic acids is 1. The minimum absolute atomic E-state index is 0.0523. The summed E-state index contributed by atoms with van der Waals surface area (Å²) in [5.74, 6) is 0.438. The second kappa shape index (κ2) is 5.10. The smallest absolute Gasteiger partial charge is 0.334 e. The molecular formula is C13H13N5O4. The molecule has 0 spiro atoms. The Labute approximate surface area is 124 Å². The van der Waals surface area contributed by atoms with Gasteiger partial charge in [0.1, 0.15) is 0 Å². The largest absolute Gasteiger partial charge is 0.350 e. The van der Waals surface area contributed by atoms with Crippen LogP contribution < -0.4 is 5.69 Å². The standard InChI is InChI=1S/C13H13N5O4/c1-9(19)15-6-7-16-12(8-15)14-17(13(16)20)10-2-4-11(5-3-10)18(21)22/h2-5H,6-8H2,1H3. The van der Waals surface area contributed by atoms with Gasteiger partial charge in [-0.2, -0.15) is 4.68 Å². The molecule has 0 N–H and O–H groups in total. The Balaban J connectivity index is 1.98. The molecule has 114 valence electrons. The van der Waals surface area contributed by atoms with Crippen LogP contribution in [0.2, 0.25) is 0 Å². The van der Waals surface area contributed by atoms with Crippen LogP contribution in [-0.4, -0.2) is 36.6 Å². The van der Waals surface area contributed by atoms with Crippen molar-refractivity contribution < 1.29 is 9.72 Å². The molecule has 0 radical (unpaired) electrons. The van der Waals surface area contributed by atoms with Crippen molar-refractivity contribution in [2.75, 3.05) is 6.54 Å². The van der Waals surface area contributed by atoms with E-state index in [1.54, 1.807) is 4.90 Å². The van der Waals surface area contributed by atoms with Crippen LogP contribution in [0.15, 0.2) is 29.1 Å². The normalized spacial score (nSPS) is 13.8. The average molecular weight is 303 g/mol. The summed E-state index contributed by atoms with van der Waals surface area (Å²) in [6.45, 7) is 2.61. The second-order valence-corrected chi connectivity index (χ2v) is 4.98. The molecule has 2 aromatic rings. The summed E-state index contributed by atoms with van der Waals surface area (Å²) in [6.07, 6.45) is 0. The molecule has 0 bridgehead atoms. The lowest BCUT2D eigenvalue weighted by atomic mass is 10.3. The van der Waals surface area contributed by atoms with E-state index in [1.165, 1.54) is 40.4 Å². The molecule has 0 unspecified atom stereocenters. The summed E-state index contributed by atoms with van der Waals surface area (Å²) < 4.78 is 2.71. The number of hydrogen-bond acceptors (Lipinski definition) is 5. The summed E-state index contributed by atoms with van der Waals surface area (Å²) in [6, 6.07) is 5.59. The van der Waals surface area contributed by atoms with Crippen LogP contribution in [0.5, 0.6) is 0 Å². The third-order valence-electron chi connectivity index (χ3n) is 3.62. The van der Waals surface area contributed by atoms with Crippen LogP contribution in [0, 0.1) is 10.1 Å². The van der Waals surface area contributed by atoms with Gasteiger partial charge >= 0.3 is 5.69 Å². The van der Waals surface area contributed by atoms with E-state index < -0.39 is 4.92 Å². The van der Waals surface area contributed by atoms with Crippen LogP contribution in [0.3, 0.4) is 0 Å². The number of hydrogen-bond donors (Lipinski definition) is 0. The Morgan fingerprint density at radius 3 is 2.55 bits per heavy atom. The fraction of sp³-hybridized carbons (Fsp3) is 0.308. The molecule has 3 rings (SSSR count). The number of nitrogens with zero attached hydrogens (tertiary/aromatic N) is 5. The Bertz CT molecular complexity index is 805. The minimum atomic E-state index is -0.504. The summed E-state index contributed by atoms with van der Waals surface area (Å²) in [5, 5.41) is 14.9. The molecule has 9 nitrogen and oxygen atoms in total. The second-order valence-electron chi connectivity index (χ2n) is 4.98. The maximum atomic E-state index is 12.3. The van der Waals surface area contributed by atoms with Crippen LogP contribution in [0.25, 0.3) is 5.69 Å². The number of rotatable bonds is 2. The number of fused-ring (bicyclic) bond motifs is 1. The Morgan fingerprint density at radius 2 is 1.95 bits per heavy atom. The van der Waals surface area contributed by atoms with Gasteiger partial charge in [-0.1, -0.05) is 0 Å². The summed E-state index contributed by atoms with van der Waals surface area (Å²) in [4.78, 5) is 35.5. The molecular weight excluding hydrogens is 290 g/mol. The maximum absolute atomic E-state index is 12.3. The van der Waals surface area contributed by atoms with Gasteiger partial charge in [0.2, 0.25) is 5.91 Å². The van der Waals surface area contributed by atoms with E-state index in [0.29, 0.717) is 24.6 Å². The molecule has 0 aliphatic carbocycles. The molecule has 0 atom stereocenters. The molecule has 0 fully saturated rings. The SMILES string of the molecule is CC(=O)N1CCn2c(nn(-c3ccc([N+](=O)[O-])cc3)c2=O)C1. The number of nitro benzene ring substituents is 1. The molecule has 2 heterocycles. The van der Waals surface area contributed by atoms with Gasteiger partial charge in [-0.25, -0.2) is 4.79 Å². The van der Waals surface area contributed by atoms with Gasteiger partial charge in [0.15, 0.2) is 5.82 Å². The van der Waals surface area contributed by atoms with Crippen molar-refractivity contribution in [1.29, 1.82) is 0 Å². The van der Waals surface area contributed by atoms with Gasteiger partial charge in [-0.3, -0.25) is 19.5 Å². The van der Waals surface area contributed by atoms with Crippen LogP contribution in [0.1, 0.15) is 12.7 Å². The van der Waals surface area contributed by atoms with E-state index in [2.05, 4.69) is 5.10 Å². The van der Waals surface area contributed by atoms with Gasteiger partial charge in [-0.15, -0.1) is 5.10 Å². The average Bonchev–Trinajstić information content (AvgIpc) is 2.84. The first-order valence-corrected chi connectivity index (χ1v) is 6.66. The first kappa shape index (κ1) is 14.0. The molecule has 0 saturated heterocycles. The third kappa shape index (κ3) is 2.26. The molecule has 0 saturated carbocycles. The van der Waals surface area contributed by atoms with Crippen molar-refractivity contribution in [3.63, 3.8) is 0 Å². The molecule has 1 aliphatic heterocycles. The first-order valence-electron chi connectivity index (χ1n) is 6.66. The zero-order valence-electron chi connectivity index (χ0n) is 11.8. The first-order chi connectivity index (χ1) is 10.5. The van der Waals surface area contributed by atoms with E-state index in [9.17, 15) is 19.7 Å². The highest BCUT2D eigenvalue weighted by molar-refractivity contribution is 5.73. The monoisotopic (exact) mass is 303 g/mol. The molecule has 1 aliphatic rings. The van der Waals surface area contributed by atoms with E-state index in [-0.39, 0.29) is 23.8 Å². The predicted octanol–water partition coefficient (Wildman–Crippen LogP) is 0.304. The van der Waals surface area contributed by atoms with Crippen molar-refractivity contribution >= 4 is 11.6 Å². The fourth-order valence-corrected chi connectivity index (χ4v) is 2.40. The summed E-state index contributed by atoms with van der Waals surface area (Å²) >= 11 is 0. The van der Waals surface area contributed by atoms with E-state index in [4.69, 9.17) is 0 Å². The summed E-state index contributed by atoms with van der Waals surface area (Å²) in [7, 11) is 0.